The smallest absolute Gasteiger partial charge is 0.410 e. The molecule has 1 saturated heterocycles. The van der Waals surface area contributed by atoms with Gasteiger partial charge in [0.15, 0.2) is 0 Å². The van der Waals surface area contributed by atoms with Crippen molar-refractivity contribution in [2.24, 2.45) is 0 Å². The summed E-state index contributed by atoms with van der Waals surface area (Å²) in [7, 11) is 0. The molecular formula is C17H24N2O4. The molecule has 0 bridgehead atoms. The standard InChI is InChI=1S/C17H24N2O4/c1-17(2,3)23-16(22)19-10-8-18(9-11-19)12-13-4-6-14(7-5-13)15(20)21/h4-7H,8-12H2,1-3H3,(H,20,21)/i15+2. The van der Waals surface area contributed by atoms with Crippen LogP contribution in [0.1, 0.15) is 36.7 Å². The van der Waals surface area contributed by atoms with Gasteiger partial charge in [-0.05, 0) is 38.5 Å². The first-order valence-corrected chi connectivity index (χ1v) is 7.77. The van der Waals surface area contributed by atoms with E-state index < -0.39 is 11.6 Å². The van der Waals surface area contributed by atoms with Gasteiger partial charge in [0.25, 0.3) is 0 Å². The number of nitrogens with zero attached hydrogens (tertiary/aromatic N) is 2. The molecule has 0 aromatic heterocycles. The molecular weight excluding hydrogens is 298 g/mol. The lowest BCUT2D eigenvalue weighted by Crippen LogP contribution is -2.49. The zero-order chi connectivity index (χ0) is 17.0. The van der Waals surface area contributed by atoms with Crippen LogP contribution in [0, 0.1) is 0 Å². The quantitative estimate of drug-likeness (QED) is 0.925. The number of benzene rings is 1. The average Bonchev–Trinajstić information content (AvgIpc) is 2.46. The molecule has 0 atom stereocenters. The van der Waals surface area contributed by atoms with Gasteiger partial charge in [-0.15, -0.1) is 0 Å². The molecule has 1 fully saturated rings. The monoisotopic (exact) mass is 322 g/mol. The SMILES string of the molecule is CC(C)(C)OC(=O)N1CCN(Cc2ccc([14C](=O)O)cc2)CC1. The lowest BCUT2D eigenvalue weighted by Gasteiger charge is -2.35. The molecule has 1 N–H and O–H groups in total. The van der Waals surface area contributed by atoms with Crippen molar-refractivity contribution in [2.45, 2.75) is 32.9 Å². The Morgan fingerprint density at radius 3 is 2.22 bits per heavy atom. The highest BCUT2D eigenvalue weighted by Gasteiger charge is 2.25. The van der Waals surface area contributed by atoms with E-state index in [0.29, 0.717) is 18.7 Å². The van der Waals surface area contributed by atoms with Crippen LogP contribution in [0.25, 0.3) is 0 Å². The predicted molar refractivity (Wildman–Crippen MR) is 86.5 cm³/mol. The van der Waals surface area contributed by atoms with Gasteiger partial charge >= 0.3 is 12.1 Å². The largest absolute Gasteiger partial charge is 0.478 e. The Morgan fingerprint density at radius 1 is 1.17 bits per heavy atom. The molecule has 1 aliphatic heterocycles. The summed E-state index contributed by atoms with van der Waals surface area (Å²) in [6.45, 7) is 9.18. The van der Waals surface area contributed by atoms with Crippen LogP contribution in [0.5, 0.6) is 0 Å². The minimum Gasteiger partial charge on any atom is -0.478 e. The van der Waals surface area contributed by atoms with E-state index in [1.54, 1.807) is 17.0 Å². The molecule has 0 unspecified atom stereocenters. The Kier molecular flexibility index (Phi) is 5.26. The van der Waals surface area contributed by atoms with E-state index in [2.05, 4.69) is 4.90 Å². The van der Waals surface area contributed by atoms with Crippen LogP contribution in [-0.2, 0) is 11.3 Å². The van der Waals surface area contributed by atoms with E-state index in [0.717, 1.165) is 25.2 Å². The normalized spacial score (nSPS) is 16.2. The first kappa shape index (κ1) is 17.3. The van der Waals surface area contributed by atoms with Crippen molar-refractivity contribution in [2.75, 3.05) is 26.2 Å². The van der Waals surface area contributed by atoms with Gasteiger partial charge in [0.1, 0.15) is 5.60 Å². The average molecular weight is 322 g/mol. The highest BCUT2D eigenvalue weighted by atomic mass is 16.6. The van der Waals surface area contributed by atoms with Gasteiger partial charge in [-0.2, -0.15) is 0 Å². The van der Waals surface area contributed by atoms with Crippen LogP contribution in [0.15, 0.2) is 24.3 Å². The maximum Gasteiger partial charge on any atom is 0.410 e. The molecule has 1 aromatic rings. The van der Waals surface area contributed by atoms with Crippen molar-refractivity contribution in [3.05, 3.63) is 35.4 Å². The Morgan fingerprint density at radius 2 is 1.74 bits per heavy atom. The molecule has 1 aromatic carbocycles. The van der Waals surface area contributed by atoms with Crippen molar-refractivity contribution in [3.63, 3.8) is 0 Å². The van der Waals surface area contributed by atoms with Gasteiger partial charge in [-0.3, -0.25) is 4.90 Å². The fraction of sp³-hybridized carbons (Fsp3) is 0.529. The van der Waals surface area contributed by atoms with Crippen LogP contribution < -0.4 is 0 Å². The third-order valence-corrected chi connectivity index (χ3v) is 3.63. The number of carbonyl (C=O) groups is 2. The molecule has 23 heavy (non-hydrogen) atoms. The zero-order valence-electron chi connectivity index (χ0n) is 13.9. The van der Waals surface area contributed by atoms with Crippen molar-refractivity contribution < 1.29 is 19.4 Å². The summed E-state index contributed by atoms with van der Waals surface area (Å²) in [5, 5.41) is 8.90. The number of rotatable bonds is 3. The summed E-state index contributed by atoms with van der Waals surface area (Å²) in [5.74, 6) is -0.914. The molecule has 0 spiro atoms. The number of piperazine rings is 1. The third-order valence-electron chi connectivity index (χ3n) is 3.63. The number of carbonyl (C=O) groups excluding carboxylic acids is 1. The molecule has 126 valence electrons. The van der Waals surface area contributed by atoms with Gasteiger partial charge in [-0.25, -0.2) is 9.59 Å². The highest BCUT2D eigenvalue weighted by molar-refractivity contribution is 5.87. The number of ether oxygens (including phenoxy) is 1. The van der Waals surface area contributed by atoms with E-state index in [9.17, 15) is 9.59 Å². The highest BCUT2D eigenvalue weighted by Crippen LogP contribution is 2.14. The van der Waals surface area contributed by atoms with Crippen molar-refractivity contribution in [1.29, 1.82) is 0 Å². The lowest BCUT2D eigenvalue weighted by molar-refractivity contribution is 0.0139. The summed E-state index contributed by atoms with van der Waals surface area (Å²) >= 11 is 0. The van der Waals surface area contributed by atoms with Crippen LogP contribution in [-0.4, -0.2) is 58.7 Å². The summed E-state index contributed by atoms with van der Waals surface area (Å²) in [6, 6.07) is 6.91. The zero-order valence-corrected chi connectivity index (χ0v) is 13.9. The predicted octanol–water partition coefficient (Wildman–Crippen LogP) is 2.44. The number of hydrogen-bond acceptors (Lipinski definition) is 4. The molecule has 1 amide bonds. The Balaban J connectivity index is 1.82. The van der Waals surface area contributed by atoms with Gasteiger partial charge < -0.3 is 14.7 Å². The molecule has 6 heteroatoms. The Bertz CT molecular complexity index is 555. The third kappa shape index (κ3) is 5.25. The minimum atomic E-state index is -0.914. The van der Waals surface area contributed by atoms with Crippen LogP contribution in [0.4, 0.5) is 4.79 Å². The first-order valence-electron chi connectivity index (χ1n) is 7.77. The fourth-order valence-corrected chi connectivity index (χ4v) is 2.43. The number of aromatic carboxylic acids is 1. The summed E-state index contributed by atoms with van der Waals surface area (Å²) < 4.78 is 5.38. The van der Waals surface area contributed by atoms with Crippen molar-refractivity contribution >= 4 is 12.1 Å². The van der Waals surface area contributed by atoms with Crippen LogP contribution >= 0.6 is 0 Å². The second-order valence-corrected chi connectivity index (χ2v) is 6.75. The number of carboxylic acid groups (broad SMARTS) is 1. The molecule has 1 aliphatic rings. The Hall–Kier alpha value is -2.08. The Labute approximate surface area is 136 Å². The van der Waals surface area contributed by atoms with E-state index in [1.807, 2.05) is 32.9 Å². The van der Waals surface area contributed by atoms with Crippen molar-refractivity contribution in [3.8, 4) is 0 Å². The molecule has 0 radical (unpaired) electrons. The minimum absolute atomic E-state index is 0.261. The number of hydrogen-bond donors (Lipinski definition) is 1. The molecule has 1 heterocycles. The van der Waals surface area contributed by atoms with Gasteiger partial charge in [0.2, 0.25) is 0 Å². The van der Waals surface area contributed by atoms with Gasteiger partial charge in [0, 0.05) is 32.7 Å². The first-order chi connectivity index (χ1) is 10.7. The van der Waals surface area contributed by atoms with Gasteiger partial charge in [-0.1, -0.05) is 12.1 Å². The van der Waals surface area contributed by atoms with Crippen molar-refractivity contribution in [1.82, 2.24) is 9.80 Å². The van der Waals surface area contributed by atoms with E-state index in [-0.39, 0.29) is 6.09 Å². The van der Waals surface area contributed by atoms with E-state index in [4.69, 9.17) is 9.84 Å². The summed E-state index contributed by atoms with van der Waals surface area (Å²) in [4.78, 5) is 26.8. The lowest BCUT2D eigenvalue weighted by atomic mass is 10.2. The second kappa shape index (κ2) is 7.00. The number of carboxylic acids is 1. The fourth-order valence-electron chi connectivity index (χ4n) is 2.43. The molecule has 2 rings (SSSR count). The topological polar surface area (TPSA) is 70.1 Å². The van der Waals surface area contributed by atoms with E-state index in [1.165, 1.54) is 0 Å². The summed E-state index contributed by atoms with van der Waals surface area (Å²) in [5.41, 5.74) is 0.893. The summed E-state index contributed by atoms with van der Waals surface area (Å²) in [6.07, 6.45) is -0.261. The number of amides is 1. The maximum atomic E-state index is 12.0. The van der Waals surface area contributed by atoms with E-state index >= 15 is 0 Å². The molecule has 0 saturated carbocycles. The van der Waals surface area contributed by atoms with Crippen LogP contribution in [0.2, 0.25) is 0 Å². The molecule has 6 nitrogen and oxygen atoms in total. The molecule has 0 aliphatic carbocycles. The van der Waals surface area contributed by atoms with Gasteiger partial charge in [0.05, 0.1) is 5.56 Å². The second-order valence-electron chi connectivity index (χ2n) is 6.75. The maximum absolute atomic E-state index is 12.0. The van der Waals surface area contributed by atoms with Crippen LogP contribution in [0.3, 0.4) is 0 Å².